The molecule has 9 rings (SSSR count). The average Bonchev–Trinajstić information content (AvgIpc) is 3.74. The molecule has 0 aliphatic rings. The third kappa shape index (κ3) is 7.76. The maximum absolute atomic E-state index is 16.9. The van der Waals surface area contributed by atoms with Gasteiger partial charge in [0.05, 0.1) is 5.56 Å². The fraction of sp³-hybridized carbons (Fsp3) is 0.0741. The Hall–Kier alpha value is -7.27. The molecule has 358 valence electrons. The van der Waals surface area contributed by atoms with E-state index >= 15 is 61.5 Å². The lowest BCUT2D eigenvalue weighted by Gasteiger charge is -2.29. The molecule has 0 atom stereocenters. The molecule has 71 heavy (non-hydrogen) atoms. The summed E-state index contributed by atoms with van der Waals surface area (Å²) in [6.07, 6.45) is 0. The van der Waals surface area contributed by atoms with Gasteiger partial charge in [0.15, 0.2) is 81.4 Å². The normalized spacial score (nSPS) is 11.6. The van der Waals surface area contributed by atoms with E-state index in [-0.39, 0.29) is 37.4 Å². The molecule has 8 aromatic carbocycles. The maximum Gasteiger partial charge on any atom is 0.258 e. The predicted molar refractivity (Wildman–Crippen MR) is 245 cm³/mol. The number of halogens is 15. The third-order valence-corrected chi connectivity index (χ3v) is 13.6. The number of aryl methyl sites for hydroxylation is 4. The SMILES string of the molecule is Cc1ccc(-c2sc3c(-c4ccc(C)cc4)c(-c4ccc(C)cc4)c(B(c4c(F)c(F)c(F)c(F)c4F)c4c(F)c(F)c(F)c(F)c4F)c(-c4ccc(C)cc4)c3c2-c2c(F)c(F)c(F)c(F)c2F)cc1. The standard InChI is InChI=1S/C54H28BF15S/c1-21-5-13-25(14-6-21)29-31(27-17-9-23(3)10-18-27)54-32(33(53(71-54)28-19-11-24(4)12-20-28)34-38(56)44(62)50(68)45(63)39(34)57)30(26-15-7-22(2)8-16-26)35(29)55(36-40(58)46(64)51(69)47(65)41(36)59)37-42(60)48(66)52(70)49(67)43(37)61/h5-20H,1-4H3. The molecule has 9 aromatic rings. The highest BCUT2D eigenvalue weighted by Gasteiger charge is 2.45. The number of thiophene rings is 1. The molecule has 0 unspecified atom stereocenters. The van der Waals surface area contributed by atoms with Gasteiger partial charge in [-0.05, 0) is 61.1 Å². The van der Waals surface area contributed by atoms with Gasteiger partial charge < -0.3 is 0 Å². The van der Waals surface area contributed by atoms with Gasteiger partial charge in [-0.15, -0.1) is 11.3 Å². The van der Waals surface area contributed by atoms with Gasteiger partial charge in [-0.1, -0.05) is 125 Å². The van der Waals surface area contributed by atoms with Crippen LogP contribution >= 0.6 is 11.3 Å². The minimum atomic E-state index is -3.32. The predicted octanol–water partition coefficient (Wildman–Crippen LogP) is 15.1. The first-order chi connectivity index (χ1) is 33.7. The van der Waals surface area contributed by atoms with Crippen molar-refractivity contribution in [3.05, 3.63) is 207 Å². The Bertz CT molecular complexity index is 3510. The molecule has 0 aliphatic carbocycles. The van der Waals surface area contributed by atoms with E-state index in [2.05, 4.69) is 0 Å². The highest BCUT2D eigenvalue weighted by atomic mass is 32.1. The fourth-order valence-corrected chi connectivity index (χ4v) is 10.2. The number of rotatable bonds is 8. The summed E-state index contributed by atoms with van der Waals surface area (Å²) in [5.41, 5.74) is -7.00. The van der Waals surface area contributed by atoms with Gasteiger partial charge in [-0.3, -0.25) is 0 Å². The maximum atomic E-state index is 16.9. The summed E-state index contributed by atoms with van der Waals surface area (Å²) in [6.45, 7) is 3.21. The minimum Gasteiger partial charge on any atom is -0.204 e. The van der Waals surface area contributed by atoms with E-state index < -0.39 is 138 Å². The second kappa shape index (κ2) is 18.2. The molecule has 0 fully saturated rings. The molecule has 0 saturated heterocycles. The van der Waals surface area contributed by atoms with E-state index in [0.29, 0.717) is 33.6 Å². The number of fused-ring (bicyclic) bond motifs is 1. The number of hydrogen-bond donors (Lipinski definition) is 0. The summed E-state index contributed by atoms with van der Waals surface area (Å²) in [4.78, 5) is -0.249. The molecule has 0 bridgehead atoms. The smallest absolute Gasteiger partial charge is 0.204 e. The van der Waals surface area contributed by atoms with Gasteiger partial charge in [-0.25, -0.2) is 65.9 Å². The first-order valence-electron chi connectivity index (χ1n) is 21.1. The van der Waals surface area contributed by atoms with Crippen molar-refractivity contribution in [1.82, 2.24) is 0 Å². The third-order valence-electron chi connectivity index (χ3n) is 12.3. The largest absolute Gasteiger partial charge is 0.258 e. The van der Waals surface area contributed by atoms with E-state index in [9.17, 15) is 4.39 Å². The number of benzene rings is 8. The first kappa shape index (κ1) is 48.7. The molecule has 17 heteroatoms. The van der Waals surface area contributed by atoms with Crippen LogP contribution in [-0.2, 0) is 0 Å². The monoisotopic (exact) mass is 1000 g/mol. The molecule has 0 N–H and O–H groups in total. The van der Waals surface area contributed by atoms with Crippen LogP contribution in [0.25, 0.3) is 65.0 Å². The highest BCUT2D eigenvalue weighted by Crippen LogP contribution is 2.55. The van der Waals surface area contributed by atoms with Crippen LogP contribution in [0.1, 0.15) is 22.3 Å². The van der Waals surface area contributed by atoms with E-state index in [1.54, 1.807) is 39.8 Å². The Morgan fingerprint density at radius 1 is 0.268 bits per heavy atom. The van der Waals surface area contributed by atoms with Gasteiger partial charge in [0.1, 0.15) is 0 Å². The Kier molecular flexibility index (Phi) is 12.5. The van der Waals surface area contributed by atoms with Gasteiger partial charge in [0.2, 0.25) is 5.82 Å². The molecule has 0 amide bonds. The van der Waals surface area contributed by atoms with Crippen LogP contribution in [-0.4, -0.2) is 6.71 Å². The lowest BCUT2D eigenvalue weighted by Crippen LogP contribution is -2.59. The second-order valence-corrected chi connectivity index (χ2v) is 17.9. The summed E-state index contributed by atoms with van der Waals surface area (Å²) in [5.74, 6) is -39.8. The zero-order chi connectivity index (χ0) is 51.2. The van der Waals surface area contributed by atoms with Crippen molar-refractivity contribution in [3.63, 3.8) is 0 Å². The van der Waals surface area contributed by atoms with E-state index in [1.807, 2.05) is 0 Å². The van der Waals surface area contributed by atoms with Gasteiger partial charge in [0, 0.05) is 37.0 Å². The molecule has 1 heterocycles. The highest BCUT2D eigenvalue weighted by molar-refractivity contribution is 7.24. The lowest BCUT2D eigenvalue weighted by atomic mass is 9.34. The van der Waals surface area contributed by atoms with Crippen LogP contribution in [0.2, 0.25) is 0 Å². The van der Waals surface area contributed by atoms with Crippen molar-refractivity contribution in [2.24, 2.45) is 0 Å². The summed E-state index contributed by atoms with van der Waals surface area (Å²) in [5, 5.41) is -0.600. The van der Waals surface area contributed by atoms with Crippen LogP contribution in [0, 0.1) is 115 Å². The average molecular weight is 1000 g/mol. The zero-order valence-electron chi connectivity index (χ0n) is 36.9. The summed E-state index contributed by atoms with van der Waals surface area (Å²) in [6, 6.07) is 22.9. The fourth-order valence-electron chi connectivity index (χ4n) is 8.83. The zero-order valence-corrected chi connectivity index (χ0v) is 37.7. The molecule has 0 radical (unpaired) electrons. The summed E-state index contributed by atoms with van der Waals surface area (Å²) in [7, 11) is 0. The molecule has 1 aromatic heterocycles. The molecular weight excluding hydrogens is 976 g/mol. The lowest BCUT2D eigenvalue weighted by molar-refractivity contribution is 0.381. The summed E-state index contributed by atoms with van der Waals surface area (Å²) < 4.78 is 241. The van der Waals surface area contributed by atoms with Gasteiger partial charge in [-0.2, -0.15) is 0 Å². The Labute approximate surface area is 398 Å². The minimum absolute atomic E-state index is 0.0575. The first-order valence-corrected chi connectivity index (χ1v) is 22.0. The van der Waals surface area contributed by atoms with Crippen LogP contribution in [0.5, 0.6) is 0 Å². The Balaban J connectivity index is 1.73. The quantitative estimate of drug-likeness (QED) is 0.0616. The van der Waals surface area contributed by atoms with E-state index in [4.69, 9.17) is 0 Å². The van der Waals surface area contributed by atoms with Crippen molar-refractivity contribution in [2.75, 3.05) is 0 Å². The van der Waals surface area contributed by atoms with Crippen LogP contribution in [0.15, 0.2) is 97.1 Å². The van der Waals surface area contributed by atoms with Crippen molar-refractivity contribution in [1.29, 1.82) is 0 Å². The van der Waals surface area contributed by atoms with Crippen molar-refractivity contribution < 1.29 is 65.9 Å². The number of hydrogen-bond acceptors (Lipinski definition) is 1. The Morgan fingerprint density at radius 2 is 0.549 bits per heavy atom. The molecule has 0 nitrogen and oxygen atoms in total. The van der Waals surface area contributed by atoms with Crippen molar-refractivity contribution >= 4 is 44.5 Å². The van der Waals surface area contributed by atoms with Gasteiger partial charge >= 0.3 is 0 Å². The van der Waals surface area contributed by atoms with Crippen LogP contribution in [0.4, 0.5) is 65.9 Å². The molecule has 0 aliphatic heterocycles. The van der Waals surface area contributed by atoms with Gasteiger partial charge in [0.25, 0.3) is 6.71 Å². The Morgan fingerprint density at radius 3 is 0.901 bits per heavy atom. The van der Waals surface area contributed by atoms with Crippen LogP contribution in [0.3, 0.4) is 0 Å². The van der Waals surface area contributed by atoms with E-state index in [0.717, 1.165) is 0 Å². The summed E-state index contributed by atoms with van der Waals surface area (Å²) >= 11 is 0.692. The van der Waals surface area contributed by atoms with Crippen LogP contribution < -0.4 is 16.4 Å². The van der Waals surface area contributed by atoms with Crippen molar-refractivity contribution in [2.45, 2.75) is 27.7 Å². The van der Waals surface area contributed by atoms with Crippen molar-refractivity contribution in [3.8, 4) is 54.9 Å². The molecular formula is C54H28BF15S. The topological polar surface area (TPSA) is 0 Å². The molecule has 0 saturated carbocycles. The second-order valence-electron chi connectivity index (χ2n) is 16.9. The van der Waals surface area contributed by atoms with E-state index in [1.165, 1.54) is 84.9 Å². The molecule has 0 spiro atoms.